The molecule has 2 heterocycles. The van der Waals surface area contributed by atoms with Crippen LogP contribution in [0.2, 0.25) is 0 Å². The molecular formula is C11H12BrN5OS. The summed E-state index contributed by atoms with van der Waals surface area (Å²) in [4.78, 5) is 21.7. The van der Waals surface area contributed by atoms with Crippen molar-refractivity contribution in [3.8, 4) is 0 Å². The Labute approximate surface area is 122 Å². The van der Waals surface area contributed by atoms with Crippen molar-refractivity contribution >= 4 is 39.0 Å². The van der Waals surface area contributed by atoms with Crippen LogP contribution in [-0.4, -0.2) is 27.8 Å². The molecule has 0 saturated carbocycles. The summed E-state index contributed by atoms with van der Waals surface area (Å²) in [7, 11) is 1.72. The molecule has 19 heavy (non-hydrogen) atoms. The maximum atomic E-state index is 12.2. The molecule has 2 rings (SSSR count). The third-order valence-corrected chi connectivity index (χ3v) is 3.94. The average molecular weight is 342 g/mol. The van der Waals surface area contributed by atoms with E-state index in [2.05, 4.69) is 31.3 Å². The van der Waals surface area contributed by atoms with Gasteiger partial charge in [-0.15, -0.1) is 11.3 Å². The second-order valence-electron chi connectivity index (χ2n) is 3.85. The van der Waals surface area contributed by atoms with Crippen molar-refractivity contribution < 1.29 is 4.79 Å². The lowest BCUT2D eigenvalue weighted by Crippen LogP contribution is -2.27. The lowest BCUT2D eigenvalue weighted by molar-refractivity contribution is 0.0779. The highest BCUT2D eigenvalue weighted by Crippen LogP contribution is 2.21. The van der Waals surface area contributed by atoms with Crippen molar-refractivity contribution in [3.05, 3.63) is 38.9 Å². The van der Waals surface area contributed by atoms with E-state index in [0.29, 0.717) is 12.4 Å². The van der Waals surface area contributed by atoms with E-state index in [4.69, 9.17) is 5.84 Å². The van der Waals surface area contributed by atoms with Crippen molar-refractivity contribution in [2.24, 2.45) is 5.84 Å². The van der Waals surface area contributed by atoms with Crippen LogP contribution in [0.3, 0.4) is 0 Å². The summed E-state index contributed by atoms with van der Waals surface area (Å²) in [6.07, 6.45) is 2.87. The Balaban J connectivity index is 2.09. The molecule has 0 aliphatic rings. The molecule has 0 aliphatic carbocycles. The van der Waals surface area contributed by atoms with Crippen LogP contribution in [-0.2, 0) is 6.54 Å². The first-order valence-electron chi connectivity index (χ1n) is 5.37. The average Bonchev–Trinajstić information content (AvgIpc) is 2.83. The minimum atomic E-state index is -0.202. The first-order chi connectivity index (χ1) is 9.10. The van der Waals surface area contributed by atoms with E-state index in [1.54, 1.807) is 23.3 Å². The summed E-state index contributed by atoms with van der Waals surface area (Å²) < 4.78 is 1.04. The Morgan fingerprint density at radius 3 is 3.00 bits per heavy atom. The smallest absolute Gasteiger partial charge is 0.274 e. The van der Waals surface area contributed by atoms with Crippen molar-refractivity contribution in [2.45, 2.75) is 6.54 Å². The molecule has 1 amide bonds. The Hall–Kier alpha value is -1.51. The summed E-state index contributed by atoms with van der Waals surface area (Å²) in [5, 5.41) is 2.00. The molecule has 0 aromatic carbocycles. The predicted molar refractivity (Wildman–Crippen MR) is 77.7 cm³/mol. The van der Waals surface area contributed by atoms with Gasteiger partial charge in [0.25, 0.3) is 5.91 Å². The molecule has 0 spiro atoms. The number of nitrogens with two attached hydrogens (primary N) is 1. The monoisotopic (exact) mass is 341 g/mol. The number of nitrogen functional groups attached to an aromatic ring is 1. The van der Waals surface area contributed by atoms with E-state index < -0.39 is 0 Å². The number of anilines is 1. The molecule has 2 aromatic heterocycles. The zero-order valence-corrected chi connectivity index (χ0v) is 12.5. The molecule has 0 radical (unpaired) electrons. The number of amides is 1. The third-order valence-electron chi connectivity index (χ3n) is 2.39. The van der Waals surface area contributed by atoms with Crippen molar-refractivity contribution in [1.29, 1.82) is 0 Å². The lowest BCUT2D eigenvalue weighted by Gasteiger charge is -2.15. The number of hydrogen-bond donors (Lipinski definition) is 2. The molecule has 0 fully saturated rings. The van der Waals surface area contributed by atoms with Gasteiger partial charge in [0, 0.05) is 13.6 Å². The zero-order valence-electron chi connectivity index (χ0n) is 10.1. The number of carbonyl (C=O) groups is 1. The number of aromatic nitrogens is 2. The van der Waals surface area contributed by atoms with E-state index in [1.807, 2.05) is 11.4 Å². The van der Waals surface area contributed by atoms with Crippen LogP contribution >= 0.6 is 27.3 Å². The lowest BCUT2D eigenvalue weighted by atomic mass is 10.3. The molecule has 0 atom stereocenters. The maximum absolute atomic E-state index is 12.2. The molecule has 0 unspecified atom stereocenters. The van der Waals surface area contributed by atoms with Crippen molar-refractivity contribution in [1.82, 2.24) is 14.9 Å². The first-order valence-corrected chi connectivity index (χ1v) is 7.04. The van der Waals surface area contributed by atoms with E-state index in [-0.39, 0.29) is 11.6 Å². The van der Waals surface area contributed by atoms with Crippen LogP contribution in [0.5, 0.6) is 0 Å². The van der Waals surface area contributed by atoms with Gasteiger partial charge in [-0.1, -0.05) is 0 Å². The minimum absolute atomic E-state index is 0.202. The van der Waals surface area contributed by atoms with Crippen molar-refractivity contribution in [2.75, 3.05) is 12.5 Å². The standard InChI is InChI=1S/C11H12BrN5OS/c1-17(5-7-2-9(12)19-6-7)11(18)8-3-14-4-10(15-8)16-13/h2-4,6H,5,13H2,1H3,(H,15,16). The largest absolute Gasteiger partial charge is 0.336 e. The topological polar surface area (TPSA) is 84.1 Å². The number of thiophene rings is 1. The molecule has 6 nitrogen and oxygen atoms in total. The van der Waals surface area contributed by atoms with Crippen LogP contribution in [0.15, 0.2) is 27.6 Å². The number of hydrogen-bond acceptors (Lipinski definition) is 6. The highest BCUT2D eigenvalue weighted by atomic mass is 79.9. The van der Waals surface area contributed by atoms with E-state index >= 15 is 0 Å². The molecule has 8 heteroatoms. The molecule has 2 aromatic rings. The quantitative estimate of drug-likeness (QED) is 0.654. The second kappa shape index (κ2) is 6.09. The highest BCUT2D eigenvalue weighted by molar-refractivity contribution is 9.11. The van der Waals surface area contributed by atoms with Gasteiger partial charge < -0.3 is 10.3 Å². The third kappa shape index (κ3) is 3.49. The summed E-state index contributed by atoms with van der Waals surface area (Å²) >= 11 is 4.98. The van der Waals surface area contributed by atoms with Gasteiger partial charge in [0.2, 0.25) is 0 Å². The SMILES string of the molecule is CN(Cc1csc(Br)c1)C(=O)c1cncc(NN)n1. The van der Waals surface area contributed by atoms with Gasteiger partial charge in [-0.3, -0.25) is 9.78 Å². The number of halogens is 1. The molecule has 100 valence electrons. The number of hydrazine groups is 1. The molecular weight excluding hydrogens is 330 g/mol. The van der Waals surface area contributed by atoms with Gasteiger partial charge in [-0.2, -0.15) is 0 Å². The number of rotatable bonds is 4. The number of nitrogens with one attached hydrogen (secondary N) is 1. The Bertz CT molecular complexity index is 588. The second-order valence-corrected chi connectivity index (χ2v) is 6.14. The Morgan fingerprint density at radius 2 is 2.37 bits per heavy atom. The Morgan fingerprint density at radius 1 is 1.58 bits per heavy atom. The van der Waals surface area contributed by atoms with E-state index in [9.17, 15) is 4.79 Å². The number of nitrogens with zero attached hydrogens (tertiary/aromatic N) is 3. The van der Waals surface area contributed by atoms with Gasteiger partial charge >= 0.3 is 0 Å². The Kier molecular flexibility index (Phi) is 4.46. The van der Waals surface area contributed by atoms with E-state index in [1.165, 1.54) is 12.4 Å². The predicted octanol–water partition coefficient (Wildman–Crippen LogP) is 1.86. The van der Waals surface area contributed by atoms with Gasteiger partial charge in [-0.25, -0.2) is 10.8 Å². The molecule has 0 aliphatic heterocycles. The van der Waals surface area contributed by atoms with Crippen molar-refractivity contribution in [3.63, 3.8) is 0 Å². The molecule has 0 bridgehead atoms. The van der Waals surface area contributed by atoms with Crippen LogP contribution in [0.4, 0.5) is 5.82 Å². The summed E-state index contributed by atoms with van der Waals surface area (Å²) in [5.41, 5.74) is 3.69. The summed E-state index contributed by atoms with van der Waals surface area (Å²) in [6.45, 7) is 0.517. The molecule has 0 saturated heterocycles. The van der Waals surface area contributed by atoms with Crippen LogP contribution < -0.4 is 11.3 Å². The minimum Gasteiger partial charge on any atom is -0.336 e. The van der Waals surface area contributed by atoms with Gasteiger partial charge in [0.15, 0.2) is 5.82 Å². The van der Waals surface area contributed by atoms with Crippen LogP contribution in [0.1, 0.15) is 16.1 Å². The molecule has 3 N–H and O–H groups in total. The van der Waals surface area contributed by atoms with Crippen LogP contribution in [0.25, 0.3) is 0 Å². The van der Waals surface area contributed by atoms with Gasteiger partial charge in [0.05, 0.1) is 16.2 Å². The fourth-order valence-corrected chi connectivity index (χ4v) is 2.71. The van der Waals surface area contributed by atoms with Gasteiger partial charge in [0.1, 0.15) is 5.69 Å². The normalized spacial score (nSPS) is 10.3. The van der Waals surface area contributed by atoms with E-state index in [0.717, 1.165) is 9.35 Å². The number of carbonyl (C=O) groups excluding carboxylic acids is 1. The maximum Gasteiger partial charge on any atom is 0.274 e. The van der Waals surface area contributed by atoms with Gasteiger partial charge in [-0.05, 0) is 32.9 Å². The fourth-order valence-electron chi connectivity index (χ4n) is 1.51. The highest BCUT2D eigenvalue weighted by Gasteiger charge is 2.15. The fraction of sp³-hybridized carbons (Fsp3) is 0.182. The zero-order chi connectivity index (χ0) is 13.8. The van der Waals surface area contributed by atoms with Crippen LogP contribution in [0, 0.1) is 0 Å². The first kappa shape index (κ1) is 13.9. The summed E-state index contributed by atoms with van der Waals surface area (Å²) in [5.74, 6) is 5.40. The summed E-state index contributed by atoms with van der Waals surface area (Å²) in [6, 6.07) is 1.98.